The molecular formula is C10H15ClN2OS. The number of carbonyl (C=O) groups excluding carboxylic acids is 1. The van der Waals surface area contributed by atoms with Crippen molar-refractivity contribution < 1.29 is 4.79 Å². The summed E-state index contributed by atoms with van der Waals surface area (Å²) in [4.78, 5) is 14.7. The summed E-state index contributed by atoms with van der Waals surface area (Å²) in [6.45, 7) is 2.34. The molecule has 2 N–H and O–H groups in total. The molecule has 0 radical (unpaired) electrons. The maximum absolute atomic E-state index is 11.7. The van der Waals surface area contributed by atoms with Crippen LogP contribution in [0.25, 0.3) is 0 Å². The number of nitrogens with two attached hydrogens (primary N) is 1. The second kappa shape index (κ2) is 5.61. The Bertz CT molecular complexity index is 315. The second-order valence-electron chi connectivity index (χ2n) is 3.68. The predicted molar refractivity (Wildman–Crippen MR) is 64.9 cm³/mol. The summed E-state index contributed by atoms with van der Waals surface area (Å²) in [5, 5.41) is 1.93. The molecule has 0 aromatic carbocycles. The quantitative estimate of drug-likeness (QED) is 0.820. The van der Waals surface area contributed by atoms with Gasteiger partial charge >= 0.3 is 0 Å². The second-order valence-corrected chi connectivity index (χ2v) is 4.63. The molecule has 15 heavy (non-hydrogen) atoms. The van der Waals surface area contributed by atoms with Crippen LogP contribution in [0.1, 0.15) is 16.1 Å². The molecular weight excluding hydrogens is 232 g/mol. The molecule has 1 saturated heterocycles. The van der Waals surface area contributed by atoms with E-state index in [1.54, 1.807) is 0 Å². The van der Waals surface area contributed by atoms with E-state index in [1.807, 2.05) is 17.5 Å². The van der Waals surface area contributed by atoms with E-state index in [9.17, 15) is 4.79 Å². The maximum atomic E-state index is 11.7. The highest BCUT2D eigenvalue weighted by molar-refractivity contribution is 7.12. The fraction of sp³-hybridized carbons (Fsp3) is 0.500. The summed E-state index contributed by atoms with van der Waals surface area (Å²) in [5.41, 5.74) is 5.77. The molecule has 0 saturated carbocycles. The van der Waals surface area contributed by atoms with Gasteiger partial charge in [0.2, 0.25) is 0 Å². The van der Waals surface area contributed by atoms with Crippen LogP contribution in [0.5, 0.6) is 0 Å². The third-order valence-corrected chi connectivity index (χ3v) is 3.38. The summed E-state index contributed by atoms with van der Waals surface area (Å²) in [6.07, 6.45) is 1.01. The van der Waals surface area contributed by atoms with E-state index in [1.165, 1.54) is 11.3 Å². The Labute approximate surface area is 99.7 Å². The third kappa shape index (κ3) is 3.28. The highest BCUT2D eigenvalue weighted by Gasteiger charge is 2.21. The largest absolute Gasteiger partial charge is 0.326 e. The van der Waals surface area contributed by atoms with Gasteiger partial charge < -0.3 is 5.73 Å². The van der Waals surface area contributed by atoms with Gasteiger partial charge in [0.05, 0.1) is 11.4 Å². The average Bonchev–Trinajstić information content (AvgIpc) is 2.75. The van der Waals surface area contributed by atoms with E-state index in [2.05, 4.69) is 4.90 Å². The molecule has 0 unspecified atom stereocenters. The lowest BCUT2D eigenvalue weighted by molar-refractivity contribution is 0.0949. The zero-order chi connectivity index (χ0) is 9.97. The van der Waals surface area contributed by atoms with Crippen molar-refractivity contribution in [2.45, 2.75) is 12.5 Å². The van der Waals surface area contributed by atoms with Gasteiger partial charge in [-0.1, -0.05) is 6.07 Å². The van der Waals surface area contributed by atoms with Crippen LogP contribution in [0, 0.1) is 0 Å². The Kier molecular flexibility index (Phi) is 4.73. The molecule has 3 nitrogen and oxygen atoms in total. The molecule has 2 heterocycles. The van der Waals surface area contributed by atoms with Crippen molar-refractivity contribution in [1.29, 1.82) is 0 Å². The Balaban J connectivity index is 0.00000112. The van der Waals surface area contributed by atoms with Gasteiger partial charge in [-0.15, -0.1) is 23.7 Å². The number of nitrogens with zero attached hydrogens (tertiary/aromatic N) is 1. The highest BCUT2D eigenvalue weighted by Crippen LogP contribution is 2.12. The number of likely N-dealkylation sites (tertiary alicyclic amines) is 1. The van der Waals surface area contributed by atoms with Crippen LogP contribution in [0.4, 0.5) is 0 Å². The first-order chi connectivity index (χ1) is 6.75. The molecule has 5 heteroatoms. The Morgan fingerprint density at radius 3 is 3.00 bits per heavy atom. The lowest BCUT2D eigenvalue weighted by Crippen LogP contribution is -2.30. The van der Waals surface area contributed by atoms with Gasteiger partial charge in [0.25, 0.3) is 0 Å². The van der Waals surface area contributed by atoms with Crippen molar-refractivity contribution in [3.8, 4) is 0 Å². The fourth-order valence-electron chi connectivity index (χ4n) is 1.72. The van der Waals surface area contributed by atoms with Gasteiger partial charge in [0, 0.05) is 19.1 Å². The number of thiophene rings is 1. The number of hydrogen-bond donors (Lipinski definition) is 1. The predicted octanol–water partition coefficient (Wildman–Crippen LogP) is 1.39. The summed E-state index contributed by atoms with van der Waals surface area (Å²) in [6, 6.07) is 4.04. The first-order valence-corrected chi connectivity index (χ1v) is 5.68. The van der Waals surface area contributed by atoms with Crippen LogP contribution in [0.15, 0.2) is 17.5 Å². The van der Waals surface area contributed by atoms with E-state index >= 15 is 0 Å². The summed E-state index contributed by atoms with van der Waals surface area (Å²) in [7, 11) is 0. The van der Waals surface area contributed by atoms with E-state index < -0.39 is 0 Å². The lowest BCUT2D eigenvalue weighted by atomic mass is 10.3. The molecule has 1 aliphatic heterocycles. The Hall–Kier alpha value is -0.420. The molecule has 1 fully saturated rings. The van der Waals surface area contributed by atoms with Gasteiger partial charge in [0.1, 0.15) is 0 Å². The van der Waals surface area contributed by atoms with E-state index in [0.717, 1.165) is 24.4 Å². The topological polar surface area (TPSA) is 46.3 Å². The maximum Gasteiger partial charge on any atom is 0.186 e. The Morgan fingerprint density at radius 1 is 1.67 bits per heavy atom. The van der Waals surface area contributed by atoms with Crippen molar-refractivity contribution >= 4 is 29.5 Å². The van der Waals surface area contributed by atoms with Crippen molar-refractivity contribution in [3.05, 3.63) is 22.4 Å². The SMILES string of the molecule is Cl.N[C@@H]1CCN(CC(=O)c2cccs2)C1. The zero-order valence-corrected chi connectivity index (χ0v) is 10.0. The van der Waals surface area contributed by atoms with Crippen LogP contribution in [0.3, 0.4) is 0 Å². The van der Waals surface area contributed by atoms with Crippen LogP contribution in [0.2, 0.25) is 0 Å². The number of hydrogen-bond acceptors (Lipinski definition) is 4. The minimum Gasteiger partial charge on any atom is -0.326 e. The first kappa shape index (κ1) is 12.6. The number of halogens is 1. The number of rotatable bonds is 3. The standard InChI is InChI=1S/C10H14N2OS.ClH/c11-8-3-4-12(6-8)7-9(13)10-2-1-5-14-10;/h1-2,5,8H,3-4,6-7,11H2;1H/t8-;/m1./s1. The average molecular weight is 247 g/mol. The monoisotopic (exact) mass is 246 g/mol. The van der Waals surface area contributed by atoms with Gasteiger partial charge in [-0.25, -0.2) is 0 Å². The van der Waals surface area contributed by atoms with Gasteiger partial charge in [0.15, 0.2) is 5.78 Å². The van der Waals surface area contributed by atoms with E-state index in [4.69, 9.17) is 5.73 Å². The Morgan fingerprint density at radius 2 is 2.47 bits per heavy atom. The molecule has 1 aromatic rings. The van der Waals surface area contributed by atoms with Crippen LogP contribution in [-0.2, 0) is 0 Å². The number of Topliss-reactive ketones (excluding diaryl/α,β-unsaturated/α-hetero) is 1. The number of carbonyl (C=O) groups is 1. The van der Waals surface area contributed by atoms with Gasteiger partial charge in [-0.05, 0) is 17.9 Å². The zero-order valence-electron chi connectivity index (χ0n) is 8.39. The lowest BCUT2D eigenvalue weighted by Gasteiger charge is -2.12. The highest BCUT2D eigenvalue weighted by atomic mass is 35.5. The molecule has 0 aliphatic carbocycles. The van der Waals surface area contributed by atoms with Crippen molar-refractivity contribution in [2.75, 3.05) is 19.6 Å². The summed E-state index contributed by atoms with van der Waals surface area (Å²) >= 11 is 1.51. The van der Waals surface area contributed by atoms with Crippen molar-refractivity contribution in [1.82, 2.24) is 4.90 Å². The van der Waals surface area contributed by atoms with Crippen LogP contribution < -0.4 is 5.73 Å². The first-order valence-electron chi connectivity index (χ1n) is 4.80. The van der Waals surface area contributed by atoms with Crippen LogP contribution >= 0.6 is 23.7 Å². The van der Waals surface area contributed by atoms with Gasteiger partial charge in [-0.3, -0.25) is 9.69 Å². The third-order valence-electron chi connectivity index (χ3n) is 2.47. The molecule has 1 aromatic heterocycles. The molecule has 84 valence electrons. The molecule has 1 atom stereocenters. The molecule has 0 spiro atoms. The van der Waals surface area contributed by atoms with Crippen molar-refractivity contribution in [3.63, 3.8) is 0 Å². The summed E-state index contributed by atoms with van der Waals surface area (Å²) in [5.74, 6) is 0.217. The van der Waals surface area contributed by atoms with Gasteiger partial charge in [-0.2, -0.15) is 0 Å². The molecule has 0 bridgehead atoms. The smallest absolute Gasteiger partial charge is 0.186 e. The van der Waals surface area contributed by atoms with Crippen LogP contribution in [-0.4, -0.2) is 36.4 Å². The fourth-order valence-corrected chi connectivity index (χ4v) is 2.38. The summed E-state index contributed by atoms with van der Waals surface area (Å²) < 4.78 is 0. The van der Waals surface area contributed by atoms with E-state index in [-0.39, 0.29) is 24.2 Å². The molecule has 2 rings (SSSR count). The van der Waals surface area contributed by atoms with E-state index in [0.29, 0.717) is 6.54 Å². The van der Waals surface area contributed by atoms with Crippen molar-refractivity contribution in [2.24, 2.45) is 5.73 Å². The molecule has 0 amide bonds. The minimum atomic E-state index is 0. The normalized spacial score (nSPS) is 21.3. The number of ketones is 1. The molecule has 1 aliphatic rings. The minimum absolute atomic E-state index is 0.